The van der Waals surface area contributed by atoms with Crippen molar-refractivity contribution in [2.45, 2.75) is 11.8 Å². The van der Waals surface area contributed by atoms with Crippen molar-refractivity contribution in [1.82, 2.24) is 4.31 Å². The van der Waals surface area contributed by atoms with E-state index in [1.165, 1.54) is 4.31 Å². The minimum absolute atomic E-state index is 0.199. The van der Waals surface area contributed by atoms with E-state index >= 15 is 0 Å². The monoisotopic (exact) mass is 425 g/mol. The van der Waals surface area contributed by atoms with E-state index in [0.717, 1.165) is 11.3 Å². The number of hydrogen-bond acceptors (Lipinski definition) is 4. The van der Waals surface area contributed by atoms with Gasteiger partial charge in [0.15, 0.2) is 5.11 Å². The molecule has 0 unspecified atom stereocenters. The molecule has 2 N–H and O–H groups in total. The van der Waals surface area contributed by atoms with Gasteiger partial charge in [0.1, 0.15) is 4.90 Å². The number of nitrogens with zero attached hydrogens (tertiary/aromatic N) is 1. The van der Waals surface area contributed by atoms with E-state index in [0.29, 0.717) is 42.1 Å². The molecule has 3 rings (SSSR count). The highest BCUT2D eigenvalue weighted by Gasteiger charge is 2.29. The van der Waals surface area contributed by atoms with E-state index < -0.39 is 10.0 Å². The molecular formula is C18H20ClN3O3S2. The summed E-state index contributed by atoms with van der Waals surface area (Å²) in [5.41, 5.74) is 2.03. The molecule has 144 valence electrons. The van der Waals surface area contributed by atoms with Crippen LogP contribution in [-0.4, -0.2) is 44.1 Å². The molecule has 0 amide bonds. The molecule has 0 spiro atoms. The van der Waals surface area contributed by atoms with Gasteiger partial charge in [-0.15, -0.1) is 0 Å². The van der Waals surface area contributed by atoms with Gasteiger partial charge in [-0.2, -0.15) is 4.31 Å². The third kappa shape index (κ3) is 4.97. The van der Waals surface area contributed by atoms with E-state index in [1.54, 1.807) is 36.4 Å². The Balaban J connectivity index is 1.83. The number of halogens is 1. The first-order valence-electron chi connectivity index (χ1n) is 8.38. The molecule has 1 aliphatic rings. The lowest BCUT2D eigenvalue weighted by atomic mass is 10.2. The molecule has 0 aromatic heterocycles. The van der Waals surface area contributed by atoms with Crippen LogP contribution in [0.15, 0.2) is 47.4 Å². The zero-order chi connectivity index (χ0) is 19.4. The summed E-state index contributed by atoms with van der Waals surface area (Å²) in [5.74, 6) is 0. The first-order valence-corrected chi connectivity index (χ1v) is 10.6. The molecule has 9 heteroatoms. The summed E-state index contributed by atoms with van der Waals surface area (Å²) in [4.78, 5) is 0.199. The summed E-state index contributed by atoms with van der Waals surface area (Å²) in [7, 11) is -3.65. The Kier molecular flexibility index (Phi) is 6.33. The van der Waals surface area contributed by atoms with E-state index in [4.69, 9.17) is 28.6 Å². The van der Waals surface area contributed by atoms with Crippen LogP contribution in [0.3, 0.4) is 0 Å². The number of hydrogen-bond donors (Lipinski definition) is 2. The fourth-order valence-electron chi connectivity index (χ4n) is 2.69. The van der Waals surface area contributed by atoms with Crippen molar-refractivity contribution in [2.75, 3.05) is 36.9 Å². The van der Waals surface area contributed by atoms with Gasteiger partial charge in [-0.25, -0.2) is 8.42 Å². The maximum Gasteiger partial charge on any atom is 0.245 e. The van der Waals surface area contributed by atoms with Gasteiger partial charge in [0.05, 0.1) is 18.9 Å². The van der Waals surface area contributed by atoms with Gasteiger partial charge in [-0.1, -0.05) is 17.7 Å². The van der Waals surface area contributed by atoms with Crippen LogP contribution in [0.4, 0.5) is 11.4 Å². The molecule has 0 atom stereocenters. The summed E-state index contributed by atoms with van der Waals surface area (Å²) >= 11 is 11.2. The van der Waals surface area contributed by atoms with Crippen molar-refractivity contribution in [3.63, 3.8) is 0 Å². The number of sulfonamides is 1. The molecule has 27 heavy (non-hydrogen) atoms. The summed E-state index contributed by atoms with van der Waals surface area (Å²) in [5, 5.41) is 6.93. The van der Waals surface area contributed by atoms with Crippen LogP contribution in [0.1, 0.15) is 5.56 Å². The molecule has 1 heterocycles. The Morgan fingerprint density at radius 2 is 1.78 bits per heavy atom. The highest BCUT2D eigenvalue weighted by atomic mass is 35.5. The molecule has 0 bridgehead atoms. The Bertz CT molecular complexity index is 927. The number of morpholine rings is 1. The van der Waals surface area contributed by atoms with Gasteiger partial charge in [0.2, 0.25) is 10.0 Å². The molecular weight excluding hydrogens is 406 g/mol. The molecule has 6 nitrogen and oxygen atoms in total. The van der Waals surface area contributed by atoms with Gasteiger partial charge in [-0.3, -0.25) is 0 Å². The molecule has 0 aliphatic carbocycles. The Labute approximate surface area is 169 Å². The highest BCUT2D eigenvalue weighted by molar-refractivity contribution is 7.89. The fraction of sp³-hybridized carbons (Fsp3) is 0.278. The maximum atomic E-state index is 13.1. The number of anilines is 2. The van der Waals surface area contributed by atoms with Crippen LogP contribution < -0.4 is 10.6 Å². The quantitative estimate of drug-likeness (QED) is 0.731. The number of ether oxygens (including phenoxy) is 1. The number of nitrogens with one attached hydrogen (secondary N) is 2. The lowest BCUT2D eigenvalue weighted by Gasteiger charge is -2.27. The second-order valence-electron chi connectivity index (χ2n) is 6.10. The van der Waals surface area contributed by atoms with E-state index in [-0.39, 0.29) is 4.90 Å². The average Bonchev–Trinajstić information content (AvgIpc) is 2.65. The van der Waals surface area contributed by atoms with Crippen LogP contribution in [-0.2, 0) is 14.8 Å². The molecule has 0 radical (unpaired) electrons. The highest BCUT2D eigenvalue weighted by Crippen LogP contribution is 2.27. The van der Waals surface area contributed by atoms with Crippen LogP contribution in [0.25, 0.3) is 0 Å². The van der Waals surface area contributed by atoms with Gasteiger partial charge < -0.3 is 15.4 Å². The summed E-state index contributed by atoms with van der Waals surface area (Å²) in [6.07, 6.45) is 0. The van der Waals surface area contributed by atoms with Crippen molar-refractivity contribution >= 4 is 50.3 Å². The maximum absolute atomic E-state index is 13.1. The summed E-state index contributed by atoms with van der Waals surface area (Å²) < 4.78 is 32.9. The fourth-order valence-corrected chi connectivity index (χ4v) is 4.68. The predicted octanol–water partition coefficient (Wildman–Crippen LogP) is 3.48. The lowest BCUT2D eigenvalue weighted by Crippen LogP contribution is -2.41. The standard InChI is InChI=1S/C18H20ClN3O3S2/c1-13-2-7-16(21-18(26)20-15-5-3-14(19)4-6-15)17(12-13)27(23,24)22-8-10-25-11-9-22/h2-7,12H,8-11H2,1H3,(H2,20,21,26). The topological polar surface area (TPSA) is 70.7 Å². The van der Waals surface area contributed by atoms with Crippen molar-refractivity contribution in [3.8, 4) is 0 Å². The Morgan fingerprint density at radius 1 is 1.11 bits per heavy atom. The lowest BCUT2D eigenvalue weighted by molar-refractivity contribution is 0.0730. The van der Waals surface area contributed by atoms with Crippen molar-refractivity contribution < 1.29 is 13.2 Å². The zero-order valence-electron chi connectivity index (χ0n) is 14.7. The Hall–Kier alpha value is -1.71. The Morgan fingerprint density at radius 3 is 2.44 bits per heavy atom. The second kappa shape index (κ2) is 8.53. The minimum Gasteiger partial charge on any atom is -0.379 e. The molecule has 1 saturated heterocycles. The molecule has 2 aromatic rings. The number of aryl methyl sites for hydroxylation is 1. The molecule has 1 fully saturated rings. The third-order valence-corrected chi connectivity index (χ3v) is 6.47. The van der Waals surface area contributed by atoms with Crippen molar-refractivity contribution in [1.29, 1.82) is 0 Å². The molecule has 1 aliphatic heterocycles. The normalized spacial score (nSPS) is 15.3. The number of rotatable bonds is 4. The minimum atomic E-state index is -3.65. The van der Waals surface area contributed by atoms with E-state index in [2.05, 4.69) is 10.6 Å². The van der Waals surface area contributed by atoms with Crippen LogP contribution in [0.5, 0.6) is 0 Å². The molecule has 0 saturated carbocycles. The van der Waals surface area contributed by atoms with Gasteiger partial charge in [0, 0.05) is 23.8 Å². The first kappa shape index (κ1) is 20.0. The number of benzene rings is 2. The smallest absolute Gasteiger partial charge is 0.245 e. The average molecular weight is 426 g/mol. The predicted molar refractivity (Wildman–Crippen MR) is 112 cm³/mol. The van der Waals surface area contributed by atoms with Crippen LogP contribution in [0, 0.1) is 6.92 Å². The van der Waals surface area contributed by atoms with Crippen LogP contribution >= 0.6 is 23.8 Å². The van der Waals surface area contributed by atoms with Crippen molar-refractivity contribution in [3.05, 3.63) is 53.1 Å². The molecule has 2 aromatic carbocycles. The largest absolute Gasteiger partial charge is 0.379 e. The van der Waals surface area contributed by atoms with Gasteiger partial charge in [0.25, 0.3) is 0 Å². The SMILES string of the molecule is Cc1ccc(NC(=S)Nc2ccc(Cl)cc2)c(S(=O)(=O)N2CCOCC2)c1. The van der Waals surface area contributed by atoms with E-state index in [9.17, 15) is 8.42 Å². The van der Waals surface area contributed by atoms with E-state index in [1.807, 2.05) is 13.0 Å². The second-order valence-corrected chi connectivity index (χ2v) is 8.85. The van der Waals surface area contributed by atoms with Gasteiger partial charge in [-0.05, 0) is 61.1 Å². The summed E-state index contributed by atoms with van der Waals surface area (Å²) in [6, 6.07) is 12.3. The van der Waals surface area contributed by atoms with Gasteiger partial charge >= 0.3 is 0 Å². The third-order valence-electron chi connectivity index (χ3n) is 4.08. The van der Waals surface area contributed by atoms with Crippen LogP contribution in [0.2, 0.25) is 5.02 Å². The number of thiocarbonyl (C=S) groups is 1. The zero-order valence-corrected chi connectivity index (χ0v) is 17.1. The first-order chi connectivity index (χ1) is 12.9. The van der Waals surface area contributed by atoms with Crippen molar-refractivity contribution in [2.24, 2.45) is 0 Å². The summed E-state index contributed by atoms with van der Waals surface area (Å²) in [6.45, 7) is 3.31.